The van der Waals surface area contributed by atoms with Gasteiger partial charge >= 0.3 is 0 Å². The van der Waals surface area contributed by atoms with E-state index < -0.39 is 0 Å². The maximum atomic E-state index is 6.10. The van der Waals surface area contributed by atoms with Crippen LogP contribution in [0.25, 0.3) is 0 Å². The van der Waals surface area contributed by atoms with Crippen molar-refractivity contribution in [2.45, 2.75) is 47.0 Å². The van der Waals surface area contributed by atoms with Gasteiger partial charge in [-0.2, -0.15) is 0 Å². The molecule has 0 saturated carbocycles. The summed E-state index contributed by atoms with van der Waals surface area (Å²) in [5.41, 5.74) is 11.7. The van der Waals surface area contributed by atoms with Gasteiger partial charge in [0.05, 0.1) is 0 Å². The predicted octanol–water partition coefficient (Wildman–Crippen LogP) is 4.86. The van der Waals surface area contributed by atoms with Gasteiger partial charge in [-0.05, 0) is 50.0 Å². The third kappa shape index (κ3) is 6.55. The minimum Gasteiger partial charge on any atom is -0.402 e. The summed E-state index contributed by atoms with van der Waals surface area (Å²) in [6, 6.07) is 0. The van der Waals surface area contributed by atoms with Gasteiger partial charge in [0.25, 0.3) is 0 Å². The minimum absolute atomic E-state index is 0.791. The van der Waals surface area contributed by atoms with E-state index in [0.29, 0.717) is 0 Å². The average molecular weight is 263 g/mol. The van der Waals surface area contributed by atoms with E-state index in [2.05, 4.69) is 26.5 Å². The highest BCUT2D eigenvalue weighted by molar-refractivity contribution is 7.79. The Morgan fingerprint density at radius 3 is 2.33 bits per heavy atom. The number of nitrogens with two attached hydrogens (primary N) is 1. The van der Waals surface area contributed by atoms with Gasteiger partial charge in [-0.25, -0.2) is 0 Å². The number of hydrogen-bond acceptors (Lipinski definition) is 2. The van der Waals surface area contributed by atoms with Crippen molar-refractivity contribution in [3.8, 4) is 0 Å². The SMILES string of the molecule is C=C(CCC)CC(N)=C(C)C=C(C)C(C)=CC=S. The third-order valence-electron chi connectivity index (χ3n) is 2.92. The molecule has 0 rings (SSSR count). The average Bonchev–Trinajstić information content (AvgIpc) is 2.29. The lowest BCUT2D eigenvalue weighted by molar-refractivity contribution is 0.863. The van der Waals surface area contributed by atoms with Crippen LogP contribution in [0, 0.1) is 0 Å². The van der Waals surface area contributed by atoms with E-state index in [1.165, 1.54) is 16.7 Å². The Balaban J connectivity index is 4.85. The van der Waals surface area contributed by atoms with Crippen molar-refractivity contribution >= 4 is 17.6 Å². The summed E-state index contributed by atoms with van der Waals surface area (Å²) in [7, 11) is 0. The lowest BCUT2D eigenvalue weighted by Gasteiger charge is -2.08. The molecule has 2 heteroatoms. The van der Waals surface area contributed by atoms with Gasteiger partial charge < -0.3 is 5.73 Å². The molecule has 0 heterocycles. The van der Waals surface area contributed by atoms with Gasteiger partial charge in [0.15, 0.2) is 0 Å². The molecular weight excluding hydrogens is 238 g/mol. The van der Waals surface area contributed by atoms with Crippen molar-refractivity contribution in [3.05, 3.63) is 46.7 Å². The zero-order valence-corrected chi connectivity index (χ0v) is 12.9. The number of allylic oxidation sites excluding steroid dienone is 6. The predicted molar refractivity (Wildman–Crippen MR) is 86.7 cm³/mol. The summed E-state index contributed by atoms with van der Waals surface area (Å²) in [5, 5.41) is 1.64. The first-order valence-corrected chi connectivity index (χ1v) is 6.82. The molecule has 0 aliphatic rings. The third-order valence-corrected chi connectivity index (χ3v) is 3.06. The standard InChI is InChI=1S/C16H25NS/c1-6-7-12(2)10-16(17)15(5)11-14(4)13(3)8-9-18/h8-9,11H,2,6-7,10,17H2,1,3-5H3. The number of thiocarbonyl (C=S) groups is 1. The molecule has 0 aromatic heterocycles. The monoisotopic (exact) mass is 263 g/mol. The highest BCUT2D eigenvalue weighted by Crippen LogP contribution is 2.17. The van der Waals surface area contributed by atoms with Crippen molar-refractivity contribution in [1.29, 1.82) is 0 Å². The molecule has 0 aliphatic heterocycles. The lowest BCUT2D eigenvalue weighted by Crippen LogP contribution is -2.02. The molecule has 0 radical (unpaired) electrons. The van der Waals surface area contributed by atoms with Gasteiger partial charge in [0.2, 0.25) is 0 Å². The van der Waals surface area contributed by atoms with E-state index in [-0.39, 0.29) is 0 Å². The molecule has 100 valence electrons. The smallest absolute Gasteiger partial charge is 0.0151 e. The largest absolute Gasteiger partial charge is 0.402 e. The van der Waals surface area contributed by atoms with E-state index in [4.69, 9.17) is 18.0 Å². The molecule has 0 unspecified atom stereocenters. The molecule has 2 N–H and O–H groups in total. The zero-order valence-electron chi connectivity index (χ0n) is 12.0. The summed E-state index contributed by atoms with van der Waals surface area (Å²) < 4.78 is 0. The molecule has 18 heavy (non-hydrogen) atoms. The van der Waals surface area contributed by atoms with Gasteiger partial charge in [0, 0.05) is 17.5 Å². The molecule has 0 spiro atoms. The fourth-order valence-electron chi connectivity index (χ4n) is 1.62. The molecule has 0 aromatic rings. The zero-order chi connectivity index (χ0) is 14.1. The van der Waals surface area contributed by atoms with Gasteiger partial charge in [-0.15, -0.1) is 0 Å². The fraction of sp³-hybridized carbons (Fsp3) is 0.438. The summed E-state index contributed by atoms with van der Waals surface area (Å²) >= 11 is 4.82. The van der Waals surface area contributed by atoms with Crippen LogP contribution in [0.4, 0.5) is 0 Å². The molecule has 0 atom stereocenters. The van der Waals surface area contributed by atoms with E-state index >= 15 is 0 Å². The maximum absolute atomic E-state index is 6.10. The quantitative estimate of drug-likeness (QED) is 0.307. The molecular formula is C16H25NS. The number of rotatable bonds is 7. The summed E-state index contributed by atoms with van der Waals surface area (Å²) in [6.07, 6.45) is 7.00. The Bertz CT molecular complexity index is 397. The van der Waals surface area contributed by atoms with Crippen LogP contribution in [0.15, 0.2) is 46.7 Å². The first-order chi connectivity index (χ1) is 8.42. The van der Waals surface area contributed by atoms with Crippen LogP contribution in [-0.4, -0.2) is 5.37 Å². The second-order valence-electron chi connectivity index (χ2n) is 4.70. The first kappa shape index (κ1) is 16.9. The van der Waals surface area contributed by atoms with Gasteiger partial charge in [0.1, 0.15) is 0 Å². The van der Waals surface area contributed by atoms with Crippen LogP contribution in [0.3, 0.4) is 0 Å². The Morgan fingerprint density at radius 1 is 1.22 bits per heavy atom. The van der Waals surface area contributed by atoms with Crippen LogP contribution >= 0.6 is 12.2 Å². The molecule has 0 amide bonds. The van der Waals surface area contributed by atoms with E-state index in [0.717, 1.165) is 30.5 Å². The van der Waals surface area contributed by atoms with Crippen LogP contribution < -0.4 is 5.73 Å². The molecule has 0 aliphatic carbocycles. The maximum Gasteiger partial charge on any atom is 0.0151 e. The van der Waals surface area contributed by atoms with E-state index in [1.807, 2.05) is 19.9 Å². The molecule has 0 saturated heterocycles. The summed E-state index contributed by atoms with van der Waals surface area (Å²) in [6.45, 7) is 12.4. The lowest BCUT2D eigenvalue weighted by atomic mass is 10.0. The summed E-state index contributed by atoms with van der Waals surface area (Å²) in [5.74, 6) is 0. The fourth-order valence-corrected chi connectivity index (χ4v) is 1.82. The molecule has 0 bridgehead atoms. The number of hydrogen-bond donors (Lipinski definition) is 1. The molecule has 0 fully saturated rings. The van der Waals surface area contributed by atoms with Crippen molar-refractivity contribution in [3.63, 3.8) is 0 Å². The van der Waals surface area contributed by atoms with Crippen LogP contribution in [0.2, 0.25) is 0 Å². The normalized spacial score (nSPS) is 14.2. The Morgan fingerprint density at radius 2 is 1.83 bits per heavy atom. The van der Waals surface area contributed by atoms with Crippen molar-refractivity contribution in [1.82, 2.24) is 0 Å². The Kier molecular flexibility index (Phi) is 8.30. The van der Waals surface area contributed by atoms with Gasteiger partial charge in [-0.1, -0.05) is 43.8 Å². The van der Waals surface area contributed by atoms with Crippen LogP contribution in [0.1, 0.15) is 47.0 Å². The van der Waals surface area contributed by atoms with E-state index in [9.17, 15) is 0 Å². The highest BCUT2D eigenvalue weighted by Gasteiger charge is 2.00. The summed E-state index contributed by atoms with van der Waals surface area (Å²) in [4.78, 5) is 0. The highest BCUT2D eigenvalue weighted by atomic mass is 32.1. The molecule has 1 nitrogen and oxygen atoms in total. The minimum atomic E-state index is 0.791. The second-order valence-corrected chi connectivity index (χ2v) is 4.97. The van der Waals surface area contributed by atoms with Crippen LogP contribution in [0.5, 0.6) is 0 Å². The van der Waals surface area contributed by atoms with Crippen molar-refractivity contribution < 1.29 is 0 Å². The van der Waals surface area contributed by atoms with E-state index in [1.54, 1.807) is 5.37 Å². The topological polar surface area (TPSA) is 26.0 Å². The van der Waals surface area contributed by atoms with Crippen molar-refractivity contribution in [2.75, 3.05) is 0 Å². The molecule has 0 aromatic carbocycles. The Labute approximate surface area is 117 Å². The van der Waals surface area contributed by atoms with Crippen LogP contribution in [-0.2, 0) is 0 Å². The van der Waals surface area contributed by atoms with Crippen molar-refractivity contribution in [2.24, 2.45) is 5.73 Å². The second kappa shape index (κ2) is 8.87. The Hall–Kier alpha value is -1.15. The van der Waals surface area contributed by atoms with Gasteiger partial charge in [-0.3, -0.25) is 0 Å². The first-order valence-electron chi connectivity index (χ1n) is 6.35.